The number of ether oxygens (including phenoxy) is 1. The molecule has 8 nitrogen and oxygen atoms in total. The minimum Gasteiger partial charge on any atom is -0.369 e. The minimum atomic E-state index is -0.308. The first-order chi connectivity index (χ1) is 17.2. The van der Waals surface area contributed by atoms with Gasteiger partial charge in [-0.05, 0) is 74.2 Å². The van der Waals surface area contributed by atoms with E-state index in [4.69, 9.17) is 9.72 Å². The van der Waals surface area contributed by atoms with E-state index in [-0.39, 0.29) is 12.0 Å². The zero-order valence-electron chi connectivity index (χ0n) is 20.4. The highest BCUT2D eigenvalue weighted by molar-refractivity contribution is 5.83. The summed E-state index contributed by atoms with van der Waals surface area (Å²) < 4.78 is 5.47. The van der Waals surface area contributed by atoms with Crippen LogP contribution in [0, 0.1) is 0 Å². The van der Waals surface area contributed by atoms with Crippen molar-refractivity contribution in [2.75, 3.05) is 49.5 Å². The van der Waals surface area contributed by atoms with Crippen LogP contribution in [-0.2, 0) is 9.53 Å². The first-order valence-corrected chi connectivity index (χ1v) is 12.7. The van der Waals surface area contributed by atoms with Gasteiger partial charge in [-0.3, -0.25) is 4.79 Å². The average molecular weight is 475 g/mol. The molecule has 2 saturated heterocycles. The van der Waals surface area contributed by atoms with Crippen LogP contribution in [-0.4, -0.2) is 66.2 Å². The fourth-order valence-corrected chi connectivity index (χ4v) is 4.78. The number of benzene rings is 1. The molecule has 0 saturated carbocycles. The molecule has 5 rings (SSSR count). The number of rotatable bonds is 7. The van der Waals surface area contributed by atoms with Crippen molar-refractivity contribution in [1.82, 2.24) is 20.2 Å². The molecule has 1 aromatic heterocycles. The molecule has 184 valence electrons. The molecular formula is C27H34N6O2. The van der Waals surface area contributed by atoms with Gasteiger partial charge in [-0.2, -0.15) is 0 Å². The second kappa shape index (κ2) is 11.0. The number of piperazine rings is 1. The Kier molecular flexibility index (Phi) is 7.39. The van der Waals surface area contributed by atoms with Crippen LogP contribution in [0.4, 0.5) is 17.3 Å². The van der Waals surface area contributed by atoms with Gasteiger partial charge in [0.1, 0.15) is 6.10 Å². The van der Waals surface area contributed by atoms with Crippen LogP contribution in [0.3, 0.4) is 0 Å². The molecule has 0 spiro atoms. The van der Waals surface area contributed by atoms with Gasteiger partial charge in [-0.1, -0.05) is 13.0 Å². The molecule has 35 heavy (non-hydrogen) atoms. The van der Waals surface area contributed by atoms with E-state index in [2.05, 4.69) is 56.6 Å². The quantitative estimate of drug-likeness (QED) is 0.633. The minimum absolute atomic E-state index is 0.0339. The Morgan fingerprint density at radius 3 is 2.60 bits per heavy atom. The Morgan fingerprint density at radius 1 is 1.09 bits per heavy atom. The molecule has 3 heterocycles. The van der Waals surface area contributed by atoms with Gasteiger partial charge in [0, 0.05) is 56.1 Å². The average Bonchev–Trinajstić information content (AvgIpc) is 3.45. The SMILES string of the molecule is CCN1CCN(c2ccc(Nc3nccc(C4=CC=C(NC(=O)[C@@H]5CCCO5)CC4)n3)cc2)CC1. The Hall–Kier alpha value is -3.23. The summed E-state index contributed by atoms with van der Waals surface area (Å²) in [6, 6.07) is 10.4. The number of nitrogens with zero attached hydrogens (tertiary/aromatic N) is 4. The highest BCUT2D eigenvalue weighted by Crippen LogP contribution is 2.26. The number of likely N-dealkylation sites (N-methyl/N-ethyl adjacent to an activating group) is 1. The Labute approximate surface area is 207 Å². The third-order valence-corrected chi connectivity index (χ3v) is 6.95. The number of allylic oxidation sites excluding steroid dienone is 4. The molecule has 1 aliphatic carbocycles. The lowest BCUT2D eigenvalue weighted by molar-refractivity contribution is -0.129. The van der Waals surface area contributed by atoms with E-state index in [9.17, 15) is 4.79 Å². The number of hydrogen-bond donors (Lipinski definition) is 2. The number of aromatic nitrogens is 2. The summed E-state index contributed by atoms with van der Waals surface area (Å²) in [5.74, 6) is 0.544. The highest BCUT2D eigenvalue weighted by Gasteiger charge is 2.24. The lowest BCUT2D eigenvalue weighted by atomic mass is 9.99. The van der Waals surface area contributed by atoms with Crippen molar-refractivity contribution in [3.63, 3.8) is 0 Å². The topological polar surface area (TPSA) is 82.6 Å². The molecule has 3 aliphatic rings. The number of amides is 1. The van der Waals surface area contributed by atoms with Gasteiger partial charge in [0.25, 0.3) is 5.91 Å². The fourth-order valence-electron chi connectivity index (χ4n) is 4.78. The van der Waals surface area contributed by atoms with Crippen LogP contribution < -0.4 is 15.5 Å². The van der Waals surface area contributed by atoms with E-state index in [1.807, 2.05) is 18.2 Å². The molecule has 0 radical (unpaired) electrons. The van der Waals surface area contributed by atoms with Crippen molar-refractivity contribution in [2.45, 2.75) is 38.7 Å². The normalized spacial score (nSPS) is 20.8. The summed E-state index contributed by atoms with van der Waals surface area (Å²) in [5.41, 5.74) is 5.18. The van der Waals surface area contributed by atoms with Crippen molar-refractivity contribution < 1.29 is 9.53 Å². The van der Waals surface area contributed by atoms with Gasteiger partial charge >= 0.3 is 0 Å². The molecule has 1 aromatic carbocycles. The molecule has 2 aliphatic heterocycles. The zero-order chi connectivity index (χ0) is 24.0. The summed E-state index contributed by atoms with van der Waals surface area (Å²) >= 11 is 0. The standard InChI is InChI=1S/C27H34N6O2/c1-2-32-15-17-33(18-16-32)23-11-9-22(10-12-23)30-27-28-14-13-24(31-27)20-5-7-21(8-6-20)29-26(34)25-4-3-19-35-25/h5,7,9-14,25H,2-4,6,8,15-19H2,1H3,(H,29,34)(H,28,30,31)/t25-/m0/s1. The van der Waals surface area contributed by atoms with Gasteiger partial charge in [0.2, 0.25) is 5.95 Å². The molecule has 2 aromatic rings. The maximum atomic E-state index is 12.3. The van der Waals surface area contributed by atoms with Crippen LogP contribution in [0.5, 0.6) is 0 Å². The van der Waals surface area contributed by atoms with Crippen molar-refractivity contribution >= 4 is 28.8 Å². The lowest BCUT2D eigenvalue weighted by Gasteiger charge is -2.35. The monoisotopic (exact) mass is 474 g/mol. The summed E-state index contributed by atoms with van der Waals surface area (Å²) in [4.78, 5) is 26.3. The number of nitrogens with one attached hydrogen (secondary N) is 2. The molecule has 2 fully saturated rings. The summed E-state index contributed by atoms with van der Waals surface area (Å²) in [6.07, 6.45) is 8.82. The van der Waals surface area contributed by atoms with Crippen molar-refractivity contribution in [3.8, 4) is 0 Å². The van der Waals surface area contributed by atoms with Crippen LogP contribution in [0.25, 0.3) is 5.57 Å². The number of anilines is 3. The number of carbonyl (C=O) groups is 1. The van der Waals surface area contributed by atoms with Gasteiger partial charge in [0.15, 0.2) is 0 Å². The Morgan fingerprint density at radius 2 is 1.91 bits per heavy atom. The maximum absolute atomic E-state index is 12.3. The number of hydrogen-bond acceptors (Lipinski definition) is 7. The largest absolute Gasteiger partial charge is 0.369 e. The van der Waals surface area contributed by atoms with Crippen LogP contribution >= 0.6 is 0 Å². The summed E-state index contributed by atoms with van der Waals surface area (Å²) in [5, 5.41) is 6.35. The Balaban J connectivity index is 1.19. The van der Waals surface area contributed by atoms with Gasteiger partial charge < -0.3 is 25.2 Å². The summed E-state index contributed by atoms with van der Waals surface area (Å²) in [7, 11) is 0. The lowest BCUT2D eigenvalue weighted by Crippen LogP contribution is -2.46. The molecule has 1 atom stereocenters. The van der Waals surface area contributed by atoms with E-state index in [0.29, 0.717) is 12.6 Å². The third kappa shape index (κ3) is 5.89. The van der Waals surface area contributed by atoms with Crippen molar-refractivity contribution in [3.05, 3.63) is 60.1 Å². The molecule has 8 heteroatoms. The molecule has 1 amide bonds. The van der Waals surface area contributed by atoms with Crippen LogP contribution in [0.1, 0.15) is 38.3 Å². The second-order valence-corrected chi connectivity index (χ2v) is 9.23. The predicted molar refractivity (Wildman–Crippen MR) is 138 cm³/mol. The Bertz CT molecular complexity index is 1080. The van der Waals surface area contributed by atoms with Crippen molar-refractivity contribution in [1.29, 1.82) is 0 Å². The van der Waals surface area contributed by atoms with E-state index >= 15 is 0 Å². The van der Waals surface area contributed by atoms with Crippen LogP contribution in [0.2, 0.25) is 0 Å². The summed E-state index contributed by atoms with van der Waals surface area (Å²) in [6.45, 7) is 8.38. The smallest absolute Gasteiger partial charge is 0.253 e. The van der Waals surface area contributed by atoms with Gasteiger partial charge in [-0.25, -0.2) is 9.97 Å². The highest BCUT2D eigenvalue weighted by atomic mass is 16.5. The maximum Gasteiger partial charge on any atom is 0.253 e. The first-order valence-electron chi connectivity index (χ1n) is 12.7. The first kappa shape index (κ1) is 23.5. The van der Waals surface area contributed by atoms with E-state index in [1.165, 1.54) is 5.69 Å². The van der Waals surface area contributed by atoms with Crippen molar-refractivity contribution in [2.24, 2.45) is 0 Å². The predicted octanol–water partition coefficient (Wildman–Crippen LogP) is 3.72. The molecule has 0 bridgehead atoms. The van der Waals surface area contributed by atoms with E-state index in [0.717, 1.165) is 81.1 Å². The van der Waals surface area contributed by atoms with Crippen LogP contribution in [0.15, 0.2) is 54.4 Å². The number of carbonyl (C=O) groups excluding carboxylic acids is 1. The van der Waals surface area contributed by atoms with E-state index in [1.54, 1.807) is 6.20 Å². The van der Waals surface area contributed by atoms with Gasteiger partial charge in [0.05, 0.1) is 5.69 Å². The van der Waals surface area contributed by atoms with E-state index < -0.39 is 0 Å². The molecule has 2 N–H and O–H groups in total. The molecular weight excluding hydrogens is 440 g/mol. The third-order valence-electron chi connectivity index (χ3n) is 6.95. The molecule has 0 unspecified atom stereocenters. The van der Waals surface area contributed by atoms with Gasteiger partial charge in [-0.15, -0.1) is 0 Å². The second-order valence-electron chi connectivity index (χ2n) is 9.23. The zero-order valence-corrected chi connectivity index (χ0v) is 20.4. The fraction of sp³-hybridized carbons (Fsp3) is 0.444.